The predicted molar refractivity (Wildman–Crippen MR) is 106 cm³/mol. The van der Waals surface area contributed by atoms with E-state index in [1.807, 2.05) is 9.80 Å². The van der Waals surface area contributed by atoms with Gasteiger partial charge < -0.3 is 10.2 Å². The first-order valence-corrected chi connectivity index (χ1v) is 9.23. The van der Waals surface area contributed by atoms with Crippen LogP contribution >= 0.6 is 11.6 Å². The second-order valence-electron chi connectivity index (χ2n) is 6.56. The normalized spacial score (nSPS) is 15.9. The number of nitrogens with zero attached hydrogens (tertiary/aromatic N) is 3. The molecule has 2 aromatic rings. The Morgan fingerprint density at radius 3 is 2.54 bits per heavy atom. The van der Waals surface area contributed by atoms with Crippen molar-refractivity contribution in [2.45, 2.75) is 13.0 Å². The molecule has 148 valence electrons. The van der Waals surface area contributed by atoms with Gasteiger partial charge in [0, 0.05) is 32.2 Å². The zero-order valence-electron chi connectivity index (χ0n) is 15.3. The highest BCUT2D eigenvalue weighted by Gasteiger charge is 2.28. The molecule has 1 aliphatic heterocycles. The van der Waals surface area contributed by atoms with Gasteiger partial charge in [-0.1, -0.05) is 23.7 Å². The van der Waals surface area contributed by atoms with Crippen molar-refractivity contribution in [2.24, 2.45) is 0 Å². The molecule has 1 fully saturated rings. The van der Waals surface area contributed by atoms with Gasteiger partial charge in [-0.25, -0.2) is 4.39 Å². The summed E-state index contributed by atoms with van der Waals surface area (Å²) in [5.41, 5.74) is 1.02. The molecular weight excluding hydrogens is 387 g/mol. The molecule has 0 spiro atoms. The molecule has 1 N–H and O–H groups in total. The molecule has 28 heavy (non-hydrogen) atoms. The third-order valence-electron chi connectivity index (χ3n) is 4.85. The molecule has 2 aromatic carbocycles. The Balaban J connectivity index is 1.61. The molecule has 1 atom stereocenters. The van der Waals surface area contributed by atoms with Crippen molar-refractivity contribution >= 4 is 34.6 Å². The number of halogens is 2. The Morgan fingerprint density at radius 2 is 1.89 bits per heavy atom. The van der Waals surface area contributed by atoms with E-state index in [1.165, 1.54) is 18.2 Å². The van der Waals surface area contributed by atoms with Crippen molar-refractivity contribution in [3.63, 3.8) is 0 Å². The fraction of sp³-hybridized carbons (Fsp3) is 0.316. The number of nitro groups is 1. The Morgan fingerprint density at radius 1 is 1.21 bits per heavy atom. The van der Waals surface area contributed by atoms with E-state index in [4.69, 9.17) is 11.6 Å². The summed E-state index contributed by atoms with van der Waals surface area (Å²) in [5.74, 6) is -0.713. The van der Waals surface area contributed by atoms with Crippen LogP contribution in [0.25, 0.3) is 0 Å². The summed E-state index contributed by atoms with van der Waals surface area (Å²) in [6.07, 6.45) is 0. The molecule has 0 aliphatic carbocycles. The van der Waals surface area contributed by atoms with Crippen LogP contribution in [0.15, 0.2) is 42.5 Å². The molecule has 7 nitrogen and oxygen atoms in total. The van der Waals surface area contributed by atoms with E-state index in [0.29, 0.717) is 37.6 Å². The van der Waals surface area contributed by atoms with E-state index in [0.717, 1.165) is 6.07 Å². The van der Waals surface area contributed by atoms with Gasteiger partial charge in [0.25, 0.3) is 5.69 Å². The van der Waals surface area contributed by atoms with Crippen molar-refractivity contribution in [3.05, 3.63) is 63.4 Å². The van der Waals surface area contributed by atoms with Crippen LogP contribution in [0.1, 0.15) is 6.92 Å². The van der Waals surface area contributed by atoms with Crippen LogP contribution in [-0.2, 0) is 4.79 Å². The maximum absolute atomic E-state index is 13.1. The standard InChI is InChI=1S/C19H20ClFN4O3/c1-13(19(26)22-16-7-6-14(21)12-15(16)20)23-8-10-24(11-9-23)17-4-2-3-5-18(17)25(27)28/h2-7,12-13H,8-11H2,1H3,(H,22,26). The number of nitrogens with one attached hydrogen (secondary N) is 1. The highest BCUT2D eigenvalue weighted by molar-refractivity contribution is 6.33. The lowest BCUT2D eigenvalue weighted by Gasteiger charge is -2.38. The van der Waals surface area contributed by atoms with Gasteiger partial charge in [0.15, 0.2) is 0 Å². The van der Waals surface area contributed by atoms with E-state index in [-0.39, 0.29) is 21.5 Å². The highest BCUT2D eigenvalue weighted by atomic mass is 35.5. The molecule has 1 amide bonds. The van der Waals surface area contributed by atoms with Crippen LogP contribution in [0.3, 0.4) is 0 Å². The van der Waals surface area contributed by atoms with Gasteiger partial charge >= 0.3 is 0 Å². The lowest BCUT2D eigenvalue weighted by Crippen LogP contribution is -2.53. The predicted octanol–water partition coefficient (Wildman–Crippen LogP) is 3.54. The van der Waals surface area contributed by atoms with Gasteiger partial charge in [0.1, 0.15) is 11.5 Å². The summed E-state index contributed by atoms with van der Waals surface area (Å²) in [6, 6.07) is 10.0. The summed E-state index contributed by atoms with van der Waals surface area (Å²) in [5, 5.41) is 14.1. The molecular formula is C19H20ClFN4O3. The van der Waals surface area contributed by atoms with Crippen LogP contribution in [-0.4, -0.2) is 48.0 Å². The quantitative estimate of drug-likeness (QED) is 0.607. The summed E-state index contributed by atoms with van der Waals surface area (Å²) in [7, 11) is 0. The minimum atomic E-state index is -0.470. The van der Waals surface area contributed by atoms with Gasteiger partial charge in [-0.05, 0) is 31.2 Å². The number of carbonyl (C=O) groups is 1. The smallest absolute Gasteiger partial charge is 0.292 e. The fourth-order valence-corrected chi connectivity index (χ4v) is 3.44. The molecule has 3 rings (SSSR count). The van der Waals surface area contributed by atoms with Crippen molar-refractivity contribution in [2.75, 3.05) is 36.4 Å². The van der Waals surface area contributed by atoms with E-state index in [1.54, 1.807) is 25.1 Å². The van der Waals surface area contributed by atoms with Gasteiger partial charge in [0.2, 0.25) is 5.91 Å². The summed E-state index contributed by atoms with van der Waals surface area (Å²) in [6.45, 7) is 4.09. The van der Waals surface area contributed by atoms with Crippen LogP contribution in [0.2, 0.25) is 5.02 Å². The van der Waals surface area contributed by atoms with Crippen molar-refractivity contribution < 1.29 is 14.1 Å². The van der Waals surface area contributed by atoms with Gasteiger partial charge in [0.05, 0.1) is 21.7 Å². The number of rotatable bonds is 5. The number of piperazine rings is 1. The van der Waals surface area contributed by atoms with Gasteiger partial charge in [-0.3, -0.25) is 19.8 Å². The number of benzene rings is 2. The Bertz CT molecular complexity index is 887. The van der Waals surface area contributed by atoms with Crippen molar-refractivity contribution in [1.82, 2.24) is 4.90 Å². The largest absolute Gasteiger partial charge is 0.363 e. The van der Waals surface area contributed by atoms with E-state index in [9.17, 15) is 19.3 Å². The number of hydrogen-bond acceptors (Lipinski definition) is 5. The zero-order valence-corrected chi connectivity index (χ0v) is 16.0. The maximum Gasteiger partial charge on any atom is 0.292 e. The van der Waals surface area contributed by atoms with E-state index in [2.05, 4.69) is 5.32 Å². The number of hydrogen-bond donors (Lipinski definition) is 1. The summed E-state index contributed by atoms with van der Waals surface area (Å²) >= 11 is 5.96. The number of para-hydroxylation sites is 2. The molecule has 9 heteroatoms. The first-order chi connectivity index (χ1) is 13.4. The molecule has 0 radical (unpaired) electrons. The minimum absolute atomic E-state index is 0.0766. The number of amides is 1. The van der Waals surface area contributed by atoms with E-state index >= 15 is 0 Å². The summed E-state index contributed by atoms with van der Waals surface area (Å²) in [4.78, 5) is 27.3. The Kier molecular flexibility index (Phi) is 6.11. The maximum atomic E-state index is 13.1. The van der Waals surface area contributed by atoms with E-state index < -0.39 is 11.9 Å². The summed E-state index contributed by atoms with van der Waals surface area (Å²) < 4.78 is 13.1. The Hall–Kier alpha value is -2.71. The number of anilines is 2. The third kappa shape index (κ3) is 4.40. The lowest BCUT2D eigenvalue weighted by molar-refractivity contribution is -0.384. The molecule has 1 heterocycles. The van der Waals surface area contributed by atoms with Crippen LogP contribution in [0.4, 0.5) is 21.5 Å². The minimum Gasteiger partial charge on any atom is -0.363 e. The number of nitro benzene ring substituents is 1. The zero-order chi connectivity index (χ0) is 20.3. The molecule has 1 aliphatic rings. The molecule has 0 bridgehead atoms. The van der Waals surface area contributed by atoms with Crippen LogP contribution in [0.5, 0.6) is 0 Å². The third-order valence-corrected chi connectivity index (χ3v) is 5.16. The van der Waals surface area contributed by atoms with Crippen molar-refractivity contribution in [1.29, 1.82) is 0 Å². The number of carbonyl (C=O) groups excluding carboxylic acids is 1. The average molecular weight is 407 g/mol. The fourth-order valence-electron chi connectivity index (χ4n) is 3.23. The van der Waals surface area contributed by atoms with Gasteiger partial charge in [-0.15, -0.1) is 0 Å². The second-order valence-corrected chi connectivity index (χ2v) is 6.97. The Labute approximate surface area is 166 Å². The second kappa shape index (κ2) is 8.53. The molecule has 0 aromatic heterocycles. The lowest BCUT2D eigenvalue weighted by atomic mass is 10.1. The van der Waals surface area contributed by atoms with Crippen LogP contribution < -0.4 is 10.2 Å². The van der Waals surface area contributed by atoms with Crippen molar-refractivity contribution in [3.8, 4) is 0 Å². The monoisotopic (exact) mass is 406 g/mol. The first kappa shape index (κ1) is 20.0. The van der Waals surface area contributed by atoms with Gasteiger partial charge in [-0.2, -0.15) is 0 Å². The molecule has 1 saturated heterocycles. The SMILES string of the molecule is CC(C(=O)Nc1ccc(F)cc1Cl)N1CCN(c2ccccc2[N+](=O)[O-])CC1. The topological polar surface area (TPSA) is 78.7 Å². The molecule has 1 unspecified atom stereocenters. The highest BCUT2D eigenvalue weighted by Crippen LogP contribution is 2.29. The van der Waals surface area contributed by atoms with Crippen LogP contribution in [0, 0.1) is 15.9 Å². The first-order valence-electron chi connectivity index (χ1n) is 8.85. The molecule has 0 saturated carbocycles. The average Bonchev–Trinajstić information content (AvgIpc) is 2.69.